The molecular formula is C18H33N3O2. The summed E-state index contributed by atoms with van der Waals surface area (Å²) in [5.74, 6) is 1.36. The zero-order chi connectivity index (χ0) is 16.1. The molecule has 2 amide bonds. The van der Waals surface area contributed by atoms with Crippen molar-refractivity contribution in [1.82, 2.24) is 15.5 Å². The highest BCUT2D eigenvalue weighted by molar-refractivity contribution is 5.74. The second-order valence-corrected chi connectivity index (χ2v) is 7.70. The van der Waals surface area contributed by atoms with Gasteiger partial charge in [0.1, 0.15) is 0 Å². The Morgan fingerprint density at radius 2 is 2.13 bits per heavy atom. The van der Waals surface area contributed by atoms with Crippen molar-refractivity contribution in [2.24, 2.45) is 11.8 Å². The number of amides is 2. The lowest BCUT2D eigenvalue weighted by molar-refractivity contribution is 0.0549. The van der Waals surface area contributed by atoms with E-state index in [1.807, 2.05) is 0 Å². The molecule has 0 radical (unpaired) electrons. The van der Waals surface area contributed by atoms with E-state index in [4.69, 9.17) is 4.74 Å². The first-order valence-electron chi connectivity index (χ1n) is 9.60. The smallest absolute Gasteiger partial charge is 0.315 e. The molecule has 0 aromatic rings. The van der Waals surface area contributed by atoms with E-state index in [2.05, 4.69) is 22.5 Å². The predicted molar refractivity (Wildman–Crippen MR) is 91.5 cm³/mol. The molecule has 2 aliphatic heterocycles. The number of rotatable bonds is 5. The highest BCUT2D eigenvalue weighted by atomic mass is 16.5. The third kappa shape index (κ3) is 4.83. The number of piperidine rings is 1. The topological polar surface area (TPSA) is 53.6 Å². The lowest BCUT2D eigenvalue weighted by atomic mass is 9.82. The fourth-order valence-corrected chi connectivity index (χ4v) is 4.57. The highest BCUT2D eigenvalue weighted by Gasteiger charge is 2.38. The molecule has 0 spiro atoms. The molecule has 0 unspecified atom stereocenters. The van der Waals surface area contributed by atoms with Gasteiger partial charge in [-0.05, 0) is 64.0 Å². The molecule has 3 aliphatic rings. The van der Waals surface area contributed by atoms with Gasteiger partial charge in [-0.3, -0.25) is 0 Å². The first-order valence-corrected chi connectivity index (χ1v) is 9.60. The van der Waals surface area contributed by atoms with E-state index < -0.39 is 0 Å². The summed E-state index contributed by atoms with van der Waals surface area (Å²) in [6.07, 6.45) is 8.64. The molecule has 5 nitrogen and oxygen atoms in total. The minimum absolute atomic E-state index is 0.00885. The maximum Gasteiger partial charge on any atom is 0.315 e. The van der Waals surface area contributed by atoms with Crippen molar-refractivity contribution in [2.75, 3.05) is 32.8 Å². The van der Waals surface area contributed by atoms with Crippen LogP contribution >= 0.6 is 0 Å². The van der Waals surface area contributed by atoms with E-state index in [1.165, 1.54) is 38.8 Å². The van der Waals surface area contributed by atoms with Gasteiger partial charge in [-0.1, -0.05) is 6.92 Å². The van der Waals surface area contributed by atoms with Crippen molar-refractivity contribution in [1.29, 1.82) is 0 Å². The van der Waals surface area contributed by atoms with Gasteiger partial charge in [0.05, 0.1) is 6.10 Å². The van der Waals surface area contributed by atoms with Crippen molar-refractivity contribution in [3.05, 3.63) is 0 Å². The van der Waals surface area contributed by atoms with Crippen molar-refractivity contribution in [2.45, 2.75) is 64.0 Å². The van der Waals surface area contributed by atoms with E-state index in [9.17, 15) is 4.79 Å². The van der Waals surface area contributed by atoms with Crippen LogP contribution < -0.4 is 10.6 Å². The zero-order valence-corrected chi connectivity index (χ0v) is 14.6. The molecule has 2 heterocycles. The largest absolute Gasteiger partial charge is 0.378 e. The van der Waals surface area contributed by atoms with Crippen molar-refractivity contribution < 1.29 is 9.53 Å². The number of nitrogens with zero attached hydrogens (tertiary/aromatic N) is 1. The van der Waals surface area contributed by atoms with Crippen LogP contribution in [-0.2, 0) is 4.74 Å². The van der Waals surface area contributed by atoms with Gasteiger partial charge in [-0.2, -0.15) is 0 Å². The fourth-order valence-electron chi connectivity index (χ4n) is 4.57. The van der Waals surface area contributed by atoms with Crippen LogP contribution in [0, 0.1) is 11.8 Å². The van der Waals surface area contributed by atoms with Gasteiger partial charge in [-0.25, -0.2) is 4.79 Å². The molecule has 0 aromatic heterocycles. The molecule has 23 heavy (non-hydrogen) atoms. The Morgan fingerprint density at radius 1 is 1.22 bits per heavy atom. The van der Waals surface area contributed by atoms with Gasteiger partial charge in [0.2, 0.25) is 0 Å². The second kappa shape index (κ2) is 8.34. The fraction of sp³-hybridized carbons (Fsp3) is 0.944. The quantitative estimate of drug-likeness (QED) is 0.764. The SMILES string of the molecule is C[C@@H]1CCCN(CCCNC(=O)N[C@@H]2CCC[C@@H]3OCC[C@H]32)C1. The average Bonchev–Trinajstić information content (AvgIpc) is 3.01. The number of likely N-dealkylation sites (tertiary alicyclic amines) is 1. The molecule has 2 saturated heterocycles. The summed E-state index contributed by atoms with van der Waals surface area (Å²) in [5.41, 5.74) is 0. The number of fused-ring (bicyclic) bond motifs is 1. The second-order valence-electron chi connectivity index (χ2n) is 7.70. The Morgan fingerprint density at radius 3 is 3.00 bits per heavy atom. The molecule has 4 atom stereocenters. The Bertz CT molecular complexity index is 390. The Kier molecular flexibility index (Phi) is 6.17. The number of carbonyl (C=O) groups is 1. The van der Waals surface area contributed by atoms with Crippen molar-refractivity contribution in [3.8, 4) is 0 Å². The third-order valence-corrected chi connectivity index (χ3v) is 5.78. The maximum atomic E-state index is 12.1. The summed E-state index contributed by atoms with van der Waals surface area (Å²) in [5, 5.41) is 6.24. The van der Waals surface area contributed by atoms with Crippen molar-refractivity contribution in [3.63, 3.8) is 0 Å². The summed E-state index contributed by atoms with van der Waals surface area (Å²) >= 11 is 0. The molecule has 1 saturated carbocycles. The van der Waals surface area contributed by atoms with Crippen LogP contribution in [0.3, 0.4) is 0 Å². The maximum absolute atomic E-state index is 12.1. The molecule has 3 fully saturated rings. The minimum Gasteiger partial charge on any atom is -0.378 e. The van der Waals surface area contributed by atoms with Crippen molar-refractivity contribution >= 4 is 6.03 Å². The Balaban J connectivity index is 1.30. The standard InChI is InChI=1S/C18H33N3O2/c1-14-5-3-10-21(13-14)11-4-9-19-18(22)20-16-6-2-7-17-15(16)8-12-23-17/h14-17H,2-13H2,1H3,(H2,19,20,22)/t14-,15+,16-,17+/m1/s1. The van der Waals surface area contributed by atoms with Crippen LogP contribution in [0.15, 0.2) is 0 Å². The first-order chi connectivity index (χ1) is 11.2. The average molecular weight is 323 g/mol. The van der Waals surface area contributed by atoms with Gasteiger partial charge in [0.25, 0.3) is 0 Å². The summed E-state index contributed by atoms with van der Waals surface area (Å²) in [4.78, 5) is 14.7. The number of carbonyl (C=O) groups excluding carboxylic acids is 1. The molecule has 1 aliphatic carbocycles. The monoisotopic (exact) mass is 323 g/mol. The predicted octanol–water partition coefficient (Wildman–Crippen LogP) is 2.37. The zero-order valence-electron chi connectivity index (χ0n) is 14.6. The number of nitrogens with one attached hydrogen (secondary N) is 2. The van der Waals surface area contributed by atoms with E-state index in [0.717, 1.165) is 44.9 Å². The molecule has 132 valence electrons. The number of hydrogen-bond donors (Lipinski definition) is 2. The number of hydrogen-bond acceptors (Lipinski definition) is 3. The van der Waals surface area contributed by atoms with Crippen LogP contribution in [-0.4, -0.2) is 55.9 Å². The molecule has 2 N–H and O–H groups in total. The molecule has 3 rings (SSSR count). The number of ether oxygens (including phenoxy) is 1. The molecular weight excluding hydrogens is 290 g/mol. The van der Waals surface area contributed by atoms with Crippen LogP contribution in [0.5, 0.6) is 0 Å². The summed E-state index contributed by atoms with van der Waals surface area (Å²) < 4.78 is 5.77. The van der Waals surface area contributed by atoms with Crippen LogP contribution in [0.25, 0.3) is 0 Å². The van der Waals surface area contributed by atoms with Crippen LogP contribution in [0.4, 0.5) is 4.79 Å². The Hall–Kier alpha value is -0.810. The van der Waals surface area contributed by atoms with E-state index in [0.29, 0.717) is 18.1 Å². The lowest BCUT2D eigenvalue weighted by Crippen LogP contribution is -2.49. The van der Waals surface area contributed by atoms with Crippen LogP contribution in [0.2, 0.25) is 0 Å². The molecule has 5 heteroatoms. The van der Waals surface area contributed by atoms with Crippen LogP contribution in [0.1, 0.15) is 51.9 Å². The molecule has 0 bridgehead atoms. The van der Waals surface area contributed by atoms with Gasteiger partial charge < -0.3 is 20.3 Å². The van der Waals surface area contributed by atoms with Gasteiger partial charge >= 0.3 is 6.03 Å². The van der Waals surface area contributed by atoms with E-state index in [1.54, 1.807) is 0 Å². The van der Waals surface area contributed by atoms with Gasteiger partial charge in [0, 0.05) is 31.7 Å². The first kappa shape index (κ1) is 17.0. The Labute approximate surface area is 140 Å². The van der Waals surface area contributed by atoms with E-state index in [-0.39, 0.29) is 6.03 Å². The van der Waals surface area contributed by atoms with Gasteiger partial charge in [-0.15, -0.1) is 0 Å². The van der Waals surface area contributed by atoms with Gasteiger partial charge in [0.15, 0.2) is 0 Å². The number of urea groups is 1. The lowest BCUT2D eigenvalue weighted by Gasteiger charge is -2.33. The normalized spacial score (nSPS) is 34.8. The summed E-state index contributed by atoms with van der Waals surface area (Å²) in [6.45, 7) is 7.52. The summed E-state index contributed by atoms with van der Waals surface area (Å²) in [7, 11) is 0. The highest BCUT2D eigenvalue weighted by Crippen LogP contribution is 2.34. The third-order valence-electron chi connectivity index (χ3n) is 5.78. The minimum atomic E-state index is 0.00885. The molecule has 0 aromatic carbocycles. The van der Waals surface area contributed by atoms with E-state index >= 15 is 0 Å². The summed E-state index contributed by atoms with van der Waals surface area (Å²) in [6, 6.07) is 0.314.